The van der Waals surface area contributed by atoms with Gasteiger partial charge in [-0.05, 0) is 55.2 Å². The zero-order valence-electron chi connectivity index (χ0n) is 13.5. The van der Waals surface area contributed by atoms with Crippen LogP contribution in [0.1, 0.15) is 29.3 Å². The number of carboxylic acids is 1. The van der Waals surface area contributed by atoms with Crippen molar-refractivity contribution in [1.82, 2.24) is 0 Å². The molecule has 24 heavy (non-hydrogen) atoms. The zero-order chi connectivity index (χ0) is 17.5. The molecule has 2 aromatic rings. The Morgan fingerprint density at radius 1 is 1.25 bits per heavy atom. The lowest BCUT2D eigenvalue weighted by atomic mass is 10.1. The molecule has 0 amide bonds. The van der Waals surface area contributed by atoms with Crippen LogP contribution >= 0.6 is 11.6 Å². The highest BCUT2D eigenvalue weighted by Crippen LogP contribution is 2.23. The van der Waals surface area contributed by atoms with Gasteiger partial charge >= 0.3 is 0 Å². The summed E-state index contributed by atoms with van der Waals surface area (Å²) in [5.74, 6) is -0.428. The summed E-state index contributed by atoms with van der Waals surface area (Å²) in [5, 5.41) is 15.5. The highest BCUT2D eigenvalue weighted by molar-refractivity contribution is 6.33. The van der Waals surface area contributed by atoms with Gasteiger partial charge in [-0.2, -0.15) is 5.10 Å². The normalized spacial score (nSPS) is 11.2. The van der Waals surface area contributed by atoms with Crippen molar-refractivity contribution >= 4 is 29.0 Å². The number of hydrazone groups is 1. The molecular formula is C18H18ClN2O3-. The second-order valence-electron chi connectivity index (χ2n) is 5.29. The Hall–Kier alpha value is -2.53. The van der Waals surface area contributed by atoms with E-state index in [2.05, 4.69) is 10.5 Å². The van der Waals surface area contributed by atoms with E-state index in [0.717, 1.165) is 24.3 Å². The first kappa shape index (κ1) is 17.8. The van der Waals surface area contributed by atoms with Crippen LogP contribution in [0, 0.1) is 0 Å². The number of ether oxygens (including phenoxy) is 1. The summed E-state index contributed by atoms with van der Waals surface area (Å²) >= 11 is 6.03. The highest BCUT2D eigenvalue weighted by atomic mass is 35.5. The molecular weight excluding hydrogens is 328 g/mol. The van der Waals surface area contributed by atoms with Gasteiger partial charge in [0.25, 0.3) is 0 Å². The number of carbonyl (C=O) groups is 1. The molecule has 6 heteroatoms. The van der Waals surface area contributed by atoms with Crippen molar-refractivity contribution in [1.29, 1.82) is 0 Å². The summed E-state index contributed by atoms with van der Waals surface area (Å²) in [7, 11) is 1.64. The molecule has 0 radical (unpaired) electrons. The number of aryl methyl sites for hydroxylation is 1. The number of hydrogen-bond acceptors (Lipinski definition) is 5. The Balaban J connectivity index is 1.96. The van der Waals surface area contributed by atoms with E-state index in [-0.39, 0.29) is 5.56 Å². The fourth-order valence-electron chi connectivity index (χ4n) is 2.07. The van der Waals surface area contributed by atoms with Crippen molar-refractivity contribution in [3.8, 4) is 5.75 Å². The molecule has 0 aliphatic heterocycles. The highest BCUT2D eigenvalue weighted by Gasteiger charge is 2.03. The fourth-order valence-corrected chi connectivity index (χ4v) is 2.23. The molecule has 0 saturated carbocycles. The summed E-state index contributed by atoms with van der Waals surface area (Å²) in [6.45, 7) is 1.90. The molecule has 0 aliphatic carbocycles. The summed E-state index contributed by atoms with van der Waals surface area (Å²) in [4.78, 5) is 10.9. The number of anilines is 1. The maximum Gasteiger partial charge on any atom is 0.118 e. The Morgan fingerprint density at radius 2 is 1.96 bits per heavy atom. The topological polar surface area (TPSA) is 73.8 Å². The second kappa shape index (κ2) is 8.36. The van der Waals surface area contributed by atoms with E-state index >= 15 is 0 Å². The van der Waals surface area contributed by atoms with Crippen LogP contribution < -0.4 is 15.3 Å². The number of carbonyl (C=O) groups excluding carboxylic acids is 1. The fraction of sp³-hybridized carbons (Fsp3) is 0.222. The number of methoxy groups -OCH3 is 1. The lowest BCUT2D eigenvalue weighted by molar-refractivity contribution is -0.255. The standard InChI is InChI=1S/C18H19ClN2O3/c1-12(3-4-13-5-8-15(24-2)9-6-13)20-21-17-11-14(18(22)23)7-10-16(17)19/h5-11,21H,3-4H2,1-2H3,(H,22,23)/p-1/b20-12-. The van der Waals surface area contributed by atoms with Crippen LogP contribution in [-0.4, -0.2) is 18.8 Å². The number of benzene rings is 2. The van der Waals surface area contributed by atoms with Gasteiger partial charge in [0, 0.05) is 5.71 Å². The third kappa shape index (κ3) is 4.99. The molecule has 1 N–H and O–H groups in total. The van der Waals surface area contributed by atoms with Gasteiger partial charge < -0.3 is 14.6 Å². The van der Waals surface area contributed by atoms with Crippen LogP contribution in [0.5, 0.6) is 5.75 Å². The van der Waals surface area contributed by atoms with Gasteiger partial charge in [-0.25, -0.2) is 0 Å². The summed E-state index contributed by atoms with van der Waals surface area (Å²) in [6, 6.07) is 12.2. The van der Waals surface area contributed by atoms with E-state index in [4.69, 9.17) is 16.3 Å². The van der Waals surface area contributed by atoms with Crippen LogP contribution in [0.4, 0.5) is 5.69 Å². The van der Waals surface area contributed by atoms with Crippen molar-refractivity contribution in [2.75, 3.05) is 12.5 Å². The first-order chi connectivity index (χ1) is 11.5. The molecule has 0 atom stereocenters. The van der Waals surface area contributed by atoms with E-state index in [0.29, 0.717) is 10.7 Å². The molecule has 0 aliphatic rings. The first-order valence-corrected chi connectivity index (χ1v) is 7.80. The molecule has 0 heterocycles. The van der Waals surface area contributed by atoms with Crippen molar-refractivity contribution in [3.63, 3.8) is 0 Å². The number of hydrogen-bond donors (Lipinski definition) is 1. The van der Waals surface area contributed by atoms with E-state index in [9.17, 15) is 9.90 Å². The lowest BCUT2D eigenvalue weighted by Crippen LogP contribution is -2.22. The van der Waals surface area contributed by atoms with Crippen molar-refractivity contribution in [3.05, 3.63) is 58.6 Å². The van der Waals surface area contributed by atoms with Crippen molar-refractivity contribution in [2.45, 2.75) is 19.8 Å². The summed E-state index contributed by atoms with van der Waals surface area (Å²) < 4.78 is 5.13. The molecule has 126 valence electrons. The van der Waals surface area contributed by atoms with Crippen LogP contribution in [0.25, 0.3) is 0 Å². The minimum Gasteiger partial charge on any atom is -0.545 e. The van der Waals surface area contributed by atoms with Gasteiger partial charge in [-0.1, -0.05) is 29.8 Å². The lowest BCUT2D eigenvalue weighted by Gasteiger charge is -2.09. The second-order valence-corrected chi connectivity index (χ2v) is 5.70. The third-order valence-electron chi connectivity index (χ3n) is 3.50. The van der Waals surface area contributed by atoms with Crippen LogP contribution in [-0.2, 0) is 6.42 Å². The predicted octanol–water partition coefficient (Wildman–Crippen LogP) is 3.13. The molecule has 0 unspecified atom stereocenters. The average molecular weight is 346 g/mol. The van der Waals surface area contributed by atoms with E-state index in [1.165, 1.54) is 23.8 Å². The smallest absolute Gasteiger partial charge is 0.118 e. The number of nitrogens with zero attached hydrogens (tertiary/aromatic N) is 1. The summed E-state index contributed by atoms with van der Waals surface area (Å²) in [6.07, 6.45) is 1.60. The molecule has 0 saturated heterocycles. The number of rotatable bonds is 7. The number of aromatic carboxylic acids is 1. The van der Waals surface area contributed by atoms with E-state index in [1.54, 1.807) is 7.11 Å². The molecule has 2 rings (SSSR count). The van der Waals surface area contributed by atoms with Crippen molar-refractivity contribution in [2.24, 2.45) is 5.10 Å². The Labute approximate surface area is 145 Å². The maximum atomic E-state index is 10.9. The van der Waals surface area contributed by atoms with E-state index in [1.807, 2.05) is 31.2 Å². The predicted molar refractivity (Wildman–Crippen MR) is 93.8 cm³/mol. The van der Waals surface area contributed by atoms with Crippen LogP contribution in [0.2, 0.25) is 5.02 Å². The Kier molecular flexibility index (Phi) is 6.21. The largest absolute Gasteiger partial charge is 0.545 e. The monoisotopic (exact) mass is 345 g/mol. The molecule has 0 bridgehead atoms. The molecule has 0 spiro atoms. The Bertz CT molecular complexity index is 742. The zero-order valence-corrected chi connectivity index (χ0v) is 14.3. The number of halogens is 1. The molecule has 2 aromatic carbocycles. The van der Waals surface area contributed by atoms with Gasteiger partial charge in [-0.3, -0.25) is 5.43 Å². The molecule has 5 nitrogen and oxygen atoms in total. The average Bonchev–Trinajstić information content (AvgIpc) is 2.59. The summed E-state index contributed by atoms with van der Waals surface area (Å²) in [5.41, 5.74) is 5.35. The van der Waals surface area contributed by atoms with Crippen molar-refractivity contribution < 1.29 is 14.6 Å². The first-order valence-electron chi connectivity index (χ1n) is 7.42. The van der Waals surface area contributed by atoms with Crippen LogP contribution in [0.3, 0.4) is 0 Å². The van der Waals surface area contributed by atoms with E-state index < -0.39 is 5.97 Å². The van der Waals surface area contributed by atoms with Gasteiger partial charge in [-0.15, -0.1) is 0 Å². The minimum atomic E-state index is -1.25. The van der Waals surface area contributed by atoms with Crippen LogP contribution in [0.15, 0.2) is 47.6 Å². The minimum absolute atomic E-state index is 0.0491. The van der Waals surface area contributed by atoms with Gasteiger partial charge in [0.15, 0.2) is 0 Å². The quantitative estimate of drug-likeness (QED) is 0.618. The van der Waals surface area contributed by atoms with Gasteiger partial charge in [0.1, 0.15) is 5.75 Å². The molecule has 0 aromatic heterocycles. The number of carboxylic acid groups (broad SMARTS) is 1. The SMILES string of the molecule is COc1ccc(CC/C(C)=N\Nc2cc(C(=O)[O-])ccc2Cl)cc1. The Morgan fingerprint density at radius 3 is 2.58 bits per heavy atom. The van der Waals surface area contributed by atoms with Gasteiger partial charge in [0.05, 0.1) is 23.8 Å². The maximum absolute atomic E-state index is 10.9. The van der Waals surface area contributed by atoms with Gasteiger partial charge in [0.2, 0.25) is 0 Å². The molecule has 0 fully saturated rings. The third-order valence-corrected chi connectivity index (χ3v) is 3.83. The number of nitrogens with one attached hydrogen (secondary N) is 1.